The first-order valence-electron chi connectivity index (χ1n) is 8.16. The van der Waals surface area contributed by atoms with Gasteiger partial charge in [0.1, 0.15) is 11.6 Å². The molecule has 0 radical (unpaired) electrons. The second kappa shape index (κ2) is 9.11. The summed E-state index contributed by atoms with van der Waals surface area (Å²) < 4.78 is 11.0. The summed E-state index contributed by atoms with van der Waals surface area (Å²) in [5, 5.41) is 11.5. The van der Waals surface area contributed by atoms with Gasteiger partial charge < -0.3 is 14.5 Å². The lowest BCUT2D eigenvalue weighted by Gasteiger charge is -2.22. The van der Waals surface area contributed by atoms with Gasteiger partial charge in [-0.2, -0.15) is 0 Å². The quantitative estimate of drug-likeness (QED) is 0.562. The van der Waals surface area contributed by atoms with Crippen molar-refractivity contribution < 1.29 is 13.9 Å². The maximum absolute atomic E-state index is 12.0. The standard InChI is InChI=1S/C17H29N3O3S/c1-11(2)8-9-24-16-20-19-14(22-16)13(10-12(3)4)18-15(21)23-17(5,6)7/h8,12-13H,9-10H2,1-7H3,(H,18,21)/t13-/m0/s1. The Morgan fingerprint density at radius 3 is 2.54 bits per heavy atom. The number of hydrogen-bond donors (Lipinski definition) is 1. The number of aromatic nitrogens is 2. The van der Waals surface area contributed by atoms with Crippen LogP contribution in [0.1, 0.15) is 66.8 Å². The van der Waals surface area contributed by atoms with Crippen LogP contribution in [0.4, 0.5) is 4.79 Å². The SMILES string of the molecule is CC(C)=CCSc1nnc([C@H](CC(C)C)NC(=O)OC(C)(C)C)o1. The smallest absolute Gasteiger partial charge is 0.408 e. The first-order valence-corrected chi connectivity index (χ1v) is 9.14. The molecule has 0 aliphatic rings. The van der Waals surface area contributed by atoms with Gasteiger partial charge in [0.15, 0.2) is 0 Å². The Labute approximate surface area is 148 Å². The number of allylic oxidation sites excluding steroid dienone is 1. The molecule has 0 saturated carbocycles. The zero-order valence-electron chi connectivity index (χ0n) is 15.7. The molecule has 6 nitrogen and oxygen atoms in total. The van der Waals surface area contributed by atoms with E-state index in [2.05, 4.69) is 35.4 Å². The minimum absolute atomic E-state index is 0.356. The molecule has 1 heterocycles. The number of thioether (sulfide) groups is 1. The summed E-state index contributed by atoms with van der Waals surface area (Å²) >= 11 is 1.47. The van der Waals surface area contributed by atoms with Gasteiger partial charge >= 0.3 is 6.09 Å². The maximum Gasteiger partial charge on any atom is 0.408 e. The Bertz CT molecular complexity index is 558. The van der Waals surface area contributed by atoms with Crippen LogP contribution in [0.15, 0.2) is 21.3 Å². The predicted molar refractivity (Wildman–Crippen MR) is 96.0 cm³/mol. The number of nitrogens with one attached hydrogen (secondary N) is 1. The Morgan fingerprint density at radius 1 is 1.33 bits per heavy atom. The van der Waals surface area contributed by atoms with E-state index in [1.165, 1.54) is 17.3 Å². The highest BCUT2D eigenvalue weighted by Crippen LogP contribution is 2.24. The lowest BCUT2D eigenvalue weighted by Crippen LogP contribution is -2.35. The zero-order valence-corrected chi connectivity index (χ0v) is 16.5. The highest BCUT2D eigenvalue weighted by Gasteiger charge is 2.25. The number of carbonyl (C=O) groups excluding carboxylic acids is 1. The minimum atomic E-state index is -0.549. The monoisotopic (exact) mass is 355 g/mol. The molecule has 1 atom stereocenters. The van der Waals surface area contributed by atoms with Crippen molar-refractivity contribution in [2.24, 2.45) is 5.92 Å². The van der Waals surface area contributed by atoms with Crippen molar-refractivity contribution in [2.45, 2.75) is 71.8 Å². The Morgan fingerprint density at radius 2 is 2.00 bits per heavy atom. The van der Waals surface area contributed by atoms with Gasteiger partial charge in [0.05, 0.1) is 0 Å². The first-order chi connectivity index (χ1) is 11.1. The van der Waals surface area contributed by atoms with Crippen LogP contribution in [0, 0.1) is 5.92 Å². The number of ether oxygens (including phenoxy) is 1. The van der Waals surface area contributed by atoms with E-state index >= 15 is 0 Å². The number of nitrogens with zero attached hydrogens (tertiary/aromatic N) is 2. The van der Waals surface area contributed by atoms with Crippen LogP contribution in [0.25, 0.3) is 0 Å². The third-order valence-electron chi connectivity index (χ3n) is 2.82. The fraction of sp³-hybridized carbons (Fsp3) is 0.706. The maximum atomic E-state index is 12.0. The summed E-state index contributed by atoms with van der Waals surface area (Å²) in [6.07, 6.45) is 2.31. The molecule has 0 saturated heterocycles. The molecule has 0 aromatic carbocycles. The highest BCUT2D eigenvalue weighted by atomic mass is 32.2. The largest absolute Gasteiger partial charge is 0.444 e. The topological polar surface area (TPSA) is 77.2 Å². The van der Waals surface area contributed by atoms with Crippen LogP contribution >= 0.6 is 11.8 Å². The molecule has 0 unspecified atom stereocenters. The molecule has 1 amide bonds. The summed E-state index contributed by atoms with van der Waals surface area (Å²) in [7, 11) is 0. The normalized spacial score (nSPS) is 12.8. The van der Waals surface area contributed by atoms with E-state index in [0.717, 1.165) is 5.75 Å². The molecule has 0 aliphatic carbocycles. The van der Waals surface area contributed by atoms with E-state index in [4.69, 9.17) is 9.15 Å². The van der Waals surface area contributed by atoms with Gasteiger partial charge in [-0.15, -0.1) is 10.2 Å². The molecule has 0 aliphatic heterocycles. The van der Waals surface area contributed by atoms with Crippen molar-refractivity contribution in [3.05, 3.63) is 17.5 Å². The van der Waals surface area contributed by atoms with Gasteiger partial charge in [-0.1, -0.05) is 37.3 Å². The van der Waals surface area contributed by atoms with E-state index in [-0.39, 0.29) is 6.04 Å². The summed E-state index contributed by atoms with van der Waals surface area (Å²) in [5.74, 6) is 1.55. The predicted octanol–water partition coefficient (Wildman–Crippen LogP) is 4.74. The summed E-state index contributed by atoms with van der Waals surface area (Å²) in [6, 6.07) is -0.356. The molecule has 24 heavy (non-hydrogen) atoms. The summed E-state index contributed by atoms with van der Waals surface area (Å²) in [5.41, 5.74) is 0.693. The molecule has 1 aromatic heterocycles. The van der Waals surface area contributed by atoms with Crippen LogP contribution in [0.5, 0.6) is 0 Å². The summed E-state index contributed by atoms with van der Waals surface area (Å²) in [4.78, 5) is 12.0. The Kier molecular flexibility index (Phi) is 7.79. The van der Waals surface area contributed by atoms with Crippen molar-refractivity contribution in [3.8, 4) is 0 Å². The Balaban J connectivity index is 2.76. The minimum Gasteiger partial charge on any atom is -0.444 e. The molecule has 1 rings (SSSR count). The third-order valence-corrected chi connectivity index (χ3v) is 3.56. The molecular weight excluding hydrogens is 326 g/mol. The number of amides is 1. The van der Waals surface area contributed by atoms with Gasteiger partial charge in [-0.25, -0.2) is 4.79 Å². The lowest BCUT2D eigenvalue weighted by atomic mass is 10.0. The van der Waals surface area contributed by atoms with E-state index in [1.807, 2.05) is 34.6 Å². The van der Waals surface area contributed by atoms with Crippen molar-refractivity contribution >= 4 is 17.9 Å². The van der Waals surface area contributed by atoms with Gasteiger partial charge in [0.25, 0.3) is 5.22 Å². The molecular formula is C17H29N3O3S. The van der Waals surface area contributed by atoms with E-state index in [0.29, 0.717) is 23.5 Å². The number of hydrogen-bond acceptors (Lipinski definition) is 6. The third kappa shape index (κ3) is 8.38. The van der Waals surface area contributed by atoms with Crippen LogP contribution in [0.3, 0.4) is 0 Å². The van der Waals surface area contributed by atoms with Gasteiger partial charge in [-0.05, 0) is 47.0 Å². The van der Waals surface area contributed by atoms with Crippen molar-refractivity contribution in [1.29, 1.82) is 0 Å². The average Bonchev–Trinajstić information content (AvgIpc) is 2.83. The van der Waals surface area contributed by atoms with Crippen molar-refractivity contribution in [1.82, 2.24) is 15.5 Å². The average molecular weight is 356 g/mol. The molecule has 1 N–H and O–H groups in total. The van der Waals surface area contributed by atoms with Crippen LogP contribution in [-0.4, -0.2) is 27.6 Å². The molecule has 0 bridgehead atoms. The number of rotatable bonds is 7. The molecule has 7 heteroatoms. The molecule has 0 fully saturated rings. The van der Waals surface area contributed by atoms with Gasteiger partial charge in [0.2, 0.25) is 5.89 Å². The number of carbonyl (C=O) groups is 1. The van der Waals surface area contributed by atoms with Crippen LogP contribution in [0.2, 0.25) is 0 Å². The van der Waals surface area contributed by atoms with Gasteiger partial charge in [0, 0.05) is 5.75 Å². The molecule has 136 valence electrons. The molecule has 1 aromatic rings. The van der Waals surface area contributed by atoms with Crippen LogP contribution < -0.4 is 5.32 Å². The lowest BCUT2D eigenvalue weighted by molar-refractivity contribution is 0.0487. The van der Waals surface area contributed by atoms with Gasteiger partial charge in [-0.3, -0.25) is 0 Å². The number of alkyl carbamates (subject to hydrolysis) is 1. The van der Waals surface area contributed by atoms with E-state index in [9.17, 15) is 4.79 Å². The second-order valence-corrected chi connectivity index (χ2v) is 8.30. The fourth-order valence-corrected chi connectivity index (χ4v) is 2.64. The second-order valence-electron chi connectivity index (χ2n) is 7.33. The fourth-order valence-electron chi connectivity index (χ4n) is 1.84. The van der Waals surface area contributed by atoms with Crippen LogP contribution in [-0.2, 0) is 4.74 Å². The van der Waals surface area contributed by atoms with E-state index < -0.39 is 11.7 Å². The molecule has 0 spiro atoms. The van der Waals surface area contributed by atoms with E-state index in [1.54, 1.807) is 0 Å². The van der Waals surface area contributed by atoms with Crippen molar-refractivity contribution in [3.63, 3.8) is 0 Å². The summed E-state index contributed by atoms with van der Waals surface area (Å²) in [6.45, 7) is 13.7. The van der Waals surface area contributed by atoms with Crippen molar-refractivity contribution in [2.75, 3.05) is 5.75 Å². The zero-order chi connectivity index (χ0) is 18.3. The highest BCUT2D eigenvalue weighted by molar-refractivity contribution is 7.99. The Hall–Kier alpha value is -1.50. The first kappa shape index (κ1) is 20.5.